The zero-order valence-electron chi connectivity index (χ0n) is 16.4. The van der Waals surface area contributed by atoms with Gasteiger partial charge in [-0.05, 0) is 25.7 Å². The predicted molar refractivity (Wildman–Crippen MR) is 101 cm³/mol. The number of hydrogen-bond acceptors (Lipinski definition) is 6. The Morgan fingerprint density at radius 2 is 2.10 bits per heavy atom. The highest BCUT2D eigenvalue weighted by molar-refractivity contribution is 7.09. The number of morpholine rings is 1. The summed E-state index contributed by atoms with van der Waals surface area (Å²) in [6.45, 7) is 3.46. The summed E-state index contributed by atoms with van der Waals surface area (Å²) in [5.74, 6) is -1.72. The smallest absolute Gasteiger partial charge is 0.475 e. The van der Waals surface area contributed by atoms with E-state index < -0.39 is 12.1 Å². The van der Waals surface area contributed by atoms with Gasteiger partial charge in [-0.3, -0.25) is 4.79 Å². The number of carboxylic acids is 1. The van der Waals surface area contributed by atoms with Crippen LogP contribution in [-0.4, -0.2) is 64.9 Å². The molecule has 0 bridgehead atoms. The van der Waals surface area contributed by atoms with E-state index >= 15 is 0 Å². The van der Waals surface area contributed by atoms with Crippen LogP contribution in [0.3, 0.4) is 0 Å². The lowest BCUT2D eigenvalue weighted by molar-refractivity contribution is -0.192. The third-order valence-electron chi connectivity index (χ3n) is 5.61. The van der Waals surface area contributed by atoms with Crippen LogP contribution in [0.15, 0.2) is 11.6 Å². The monoisotopic (exact) mass is 450 g/mol. The molecule has 1 saturated heterocycles. The Labute approximate surface area is 176 Å². The van der Waals surface area contributed by atoms with E-state index in [1.165, 1.54) is 0 Å². The molecule has 3 fully saturated rings. The van der Waals surface area contributed by atoms with Crippen molar-refractivity contribution in [1.29, 1.82) is 0 Å². The molecule has 2 heterocycles. The van der Waals surface area contributed by atoms with Gasteiger partial charge in [-0.2, -0.15) is 13.2 Å². The summed E-state index contributed by atoms with van der Waals surface area (Å²) in [5, 5.41) is 10.1. The summed E-state index contributed by atoms with van der Waals surface area (Å²) in [6.07, 6.45) is 2.21. The Morgan fingerprint density at radius 1 is 1.37 bits per heavy atom. The summed E-state index contributed by atoms with van der Waals surface area (Å²) in [4.78, 5) is 27.6. The number of thiazole rings is 1. The van der Waals surface area contributed by atoms with E-state index in [-0.39, 0.29) is 5.60 Å². The number of carbonyl (C=O) groups excluding carboxylic acids is 1. The maximum atomic E-state index is 12.4. The molecule has 11 heteroatoms. The SMILES string of the molecule is O=C(C1CC1)N1CCO[C@]2(CCC[C@H]2COCc2nccs2)C1.O=C(O)C(F)(F)F. The Morgan fingerprint density at radius 3 is 2.70 bits per heavy atom. The molecule has 0 aromatic carbocycles. The molecular weight excluding hydrogens is 425 g/mol. The molecule has 7 nitrogen and oxygen atoms in total. The number of hydrogen-bond donors (Lipinski definition) is 1. The van der Waals surface area contributed by atoms with Gasteiger partial charge >= 0.3 is 12.1 Å². The molecular formula is C19H25F3N2O5S. The predicted octanol–water partition coefficient (Wildman–Crippen LogP) is 3.10. The van der Waals surface area contributed by atoms with Gasteiger partial charge in [-0.15, -0.1) is 11.3 Å². The van der Waals surface area contributed by atoms with Crippen molar-refractivity contribution in [2.45, 2.75) is 50.5 Å². The molecule has 1 aromatic heterocycles. The minimum absolute atomic E-state index is 0.175. The maximum absolute atomic E-state index is 12.4. The number of alkyl halides is 3. The zero-order chi connectivity index (χ0) is 21.8. The summed E-state index contributed by atoms with van der Waals surface area (Å²) < 4.78 is 43.9. The van der Waals surface area contributed by atoms with Gasteiger partial charge in [0.2, 0.25) is 5.91 Å². The van der Waals surface area contributed by atoms with Crippen LogP contribution in [0.5, 0.6) is 0 Å². The molecule has 3 aliphatic rings. The Bertz CT molecular complexity index is 726. The lowest BCUT2D eigenvalue weighted by Gasteiger charge is -2.44. The van der Waals surface area contributed by atoms with Crippen LogP contribution < -0.4 is 0 Å². The second kappa shape index (κ2) is 9.61. The van der Waals surface area contributed by atoms with Crippen LogP contribution in [0.25, 0.3) is 0 Å². The van der Waals surface area contributed by atoms with Crippen LogP contribution in [0.2, 0.25) is 0 Å². The molecule has 30 heavy (non-hydrogen) atoms. The number of aromatic nitrogens is 1. The highest BCUT2D eigenvalue weighted by Gasteiger charge is 2.49. The Balaban J connectivity index is 0.000000318. The Kier molecular flexibility index (Phi) is 7.35. The minimum Gasteiger partial charge on any atom is -0.475 e. The van der Waals surface area contributed by atoms with E-state index in [2.05, 4.69) is 9.88 Å². The van der Waals surface area contributed by atoms with Crippen molar-refractivity contribution in [3.63, 3.8) is 0 Å². The lowest BCUT2D eigenvalue weighted by Crippen LogP contribution is -2.56. The normalized spacial score (nSPS) is 26.4. The number of aliphatic carboxylic acids is 1. The third kappa shape index (κ3) is 5.92. The molecule has 0 radical (unpaired) electrons. The zero-order valence-corrected chi connectivity index (χ0v) is 17.2. The molecule has 1 aromatic rings. The van der Waals surface area contributed by atoms with Gasteiger partial charge in [-0.25, -0.2) is 9.78 Å². The van der Waals surface area contributed by atoms with E-state index in [1.807, 2.05) is 11.6 Å². The number of halogens is 3. The van der Waals surface area contributed by atoms with Crippen molar-refractivity contribution in [1.82, 2.24) is 9.88 Å². The van der Waals surface area contributed by atoms with E-state index in [9.17, 15) is 18.0 Å². The first kappa shape index (κ1) is 23.0. The largest absolute Gasteiger partial charge is 0.490 e. The first-order chi connectivity index (χ1) is 14.2. The standard InChI is InChI=1S/C17H24N2O3S.C2HF3O2/c20-16(13-3-4-13)19-7-8-22-17(12-19)5-1-2-14(17)10-21-11-15-18-6-9-23-15;3-2(4,5)1(6)7/h6,9,13-14H,1-5,7-8,10-12H2;(H,6,7)/t14-,17+;/m0./s1. The number of ether oxygens (including phenoxy) is 2. The number of carbonyl (C=O) groups is 2. The fraction of sp³-hybridized carbons (Fsp3) is 0.737. The minimum atomic E-state index is -5.08. The van der Waals surface area contributed by atoms with Gasteiger partial charge in [0.05, 0.1) is 32.0 Å². The Hall–Kier alpha value is -1.72. The summed E-state index contributed by atoms with van der Waals surface area (Å²) in [7, 11) is 0. The highest BCUT2D eigenvalue weighted by atomic mass is 32.1. The average molecular weight is 450 g/mol. The van der Waals surface area contributed by atoms with Gasteiger partial charge in [0.15, 0.2) is 0 Å². The van der Waals surface area contributed by atoms with Gasteiger partial charge in [0.1, 0.15) is 5.01 Å². The van der Waals surface area contributed by atoms with E-state index in [4.69, 9.17) is 19.4 Å². The van der Waals surface area contributed by atoms with Crippen molar-refractivity contribution in [3.05, 3.63) is 16.6 Å². The first-order valence-electron chi connectivity index (χ1n) is 9.90. The van der Waals surface area contributed by atoms with Crippen LogP contribution in [-0.2, 0) is 25.7 Å². The summed E-state index contributed by atoms with van der Waals surface area (Å²) in [6, 6.07) is 0. The molecule has 168 valence electrons. The molecule has 2 aliphatic carbocycles. The fourth-order valence-electron chi connectivity index (χ4n) is 3.94. The van der Waals surface area contributed by atoms with Gasteiger partial charge in [0, 0.05) is 30.0 Å². The molecule has 1 amide bonds. The van der Waals surface area contributed by atoms with Crippen molar-refractivity contribution in [2.24, 2.45) is 11.8 Å². The fourth-order valence-corrected chi connectivity index (χ4v) is 4.50. The average Bonchev–Trinajstić information content (AvgIpc) is 3.30. The molecule has 2 saturated carbocycles. The maximum Gasteiger partial charge on any atom is 0.490 e. The van der Waals surface area contributed by atoms with Crippen molar-refractivity contribution < 1.29 is 37.3 Å². The number of rotatable bonds is 5. The lowest BCUT2D eigenvalue weighted by atomic mass is 9.89. The van der Waals surface area contributed by atoms with Crippen LogP contribution in [0.1, 0.15) is 37.1 Å². The second-order valence-corrected chi connectivity index (χ2v) is 8.76. The van der Waals surface area contributed by atoms with E-state index in [0.717, 1.165) is 50.2 Å². The molecule has 4 rings (SSSR count). The second-order valence-electron chi connectivity index (χ2n) is 7.78. The number of amides is 1. The van der Waals surface area contributed by atoms with E-state index in [0.29, 0.717) is 37.6 Å². The first-order valence-corrected chi connectivity index (χ1v) is 10.8. The van der Waals surface area contributed by atoms with Crippen molar-refractivity contribution in [3.8, 4) is 0 Å². The van der Waals surface area contributed by atoms with Crippen LogP contribution in [0.4, 0.5) is 13.2 Å². The molecule has 0 unspecified atom stereocenters. The number of nitrogens with zero attached hydrogens (tertiary/aromatic N) is 2. The molecule has 1 N–H and O–H groups in total. The van der Waals surface area contributed by atoms with Gasteiger partial charge < -0.3 is 19.5 Å². The highest BCUT2D eigenvalue weighted by Crippen LogP contribution is 2.42. The summed E-state index contributed by atoms with van der Waals surface area (Å²) >= 11 is 1.63. The van der Waals surface area contributed by atoms with Crippen molar-refractivity contribution in [2.75, 3.05) is 26.3 Å². The van der Waals surface area contributed by atoms with Crippen LogP contribution >= 0.6 is 11.3 Å². The third-order valence-corrected chi connectivity index (χ3v) is 6.37. The quantitative estimate of drug-likeness (QED) is 0.742. The molecule has 1 aliphatic heterocycles. The van der Waals surface area contributed by atoms with E-state index in [1.54, 1.807) is 11.3 Å². The molecule has 1 spiro atoms. The number of carboxylic acid groups (broad SMARTS) is 1. The van der Waals surface area contributed by atoms with Gasteiger partial charge in [-0.1, -0.05) is 6.42 Å². The van der Waals surface area contributed by atoms with Crippen molar-refractivity contribution >= 4 is 23.2 Å². The van der Waals surface area contributed by atoms with Crippen LogP contribution in [0, 0.1) is 11.8 Å². The van der Waals surface area contributed by atoms with Gasteiger partial charge in [0.25, 0.3) is 0 Å². The topological polar surface area (TPSA) is 89.0 Å². The molecule has 2 atom stereocenters. The summed E-state index contributed by atoms with van der Waals surface area (Å²) in [5.41, 5.74) is -0.175.